The van der Waals surface area contributed by atoms with Gasteiger partial charge in [0.1, 0.15) is 0 Å². The number of nitrogens with zero attached hydrogens (tertiary/aromatic N) is 1. The first-order valence-electron chi connectivity index (χ1n) is 11.5. The minimum atomic E-state index is -1.04. The van der Waals surface area contributed by atoms with Gasteiger partial charge in [0.05, 0.1) is 37.3 Å². The maximum absolute atomic E-state index is 13.6. The molecule has 4 atom stereocenters. The molecule has 1 aliphatic rings. The first kappa shape index (κ1) is 27.2. The fourth-order valence-corrected chi connectivity index (χ4v) is 4.48. The smallest absolute Gasteiger partial charge is 0.254 e. The van der Waals surface area contributed by atoms with Crippen molar-refractivity contribution in [2.45, 2.75) is 44.1 Å². The number of fused-ring (bicyclic) bond motifs is 1. The van der Waals surface area contributed by atoms with Gasteiger partial charge in [-0.15, -0.1) is 6.42 Å². The van der Waals surface area contributed by atoms with Crippen LogP contribution in [-0.4, -0.2) is 51.7 Å². The molecule has 2 aromatic rings. The highest BCUT2D eigenvalue weighted by Crippen LogP contribution is 2.37. The number of rotatable bonds is 10. The number of amides is 2. The Bertz CT molecular complexity index is 1160. The number of nitrogens with one attached hydrogen (secondary N) is 1. The van der Waals surface area contributed by atoms with Crippen LogP contribution in [0.2, 0.25) is 0 Å². The molecule has 3 rings (SSSR count). The van der Waals surface area contributed by atoms with E-state index in [-0.39, 0.29) is 18.9 Å². The van der Waals surface area contributed by atoms with E-state index in [9.17, 15) is 19.8 Å². The number of aliphatic hydroxyl groups is 2. The number of hydroxylamine groups is 1. The van der Waals surface area contributed by atoms with E-state index >= 15 is 0 Å². The van der Waals surface area contributed by atoms with Gasteiger partial charge in [-0.1, -0.05) is 72.1 Å². The second kappa shape index (κ2) is 13.1. The molecule has 0 bridgehead atoms. The van der Waals surface area contributed by atoms with E-state index < -0.39 is 36.6 Å². The molecule has 0 aromatic heterocycles. The topological polar surface area (TPSA) is 99.1 Å². The Morgan fingerprint density at radius 2 is 1.94 bits per heavy atom. The van der Waals surface area contributed by atoms with Crippen molar-refractivity contribution in [2.75, 3.05) is 6.61 Å². The molecule has 2 amide bonds. The quantitative estimate of drug-likeness (QED) is 0.260. The molecule has 0 unspecified atom stereocenters. The number of terminal acetylenes is 1. The zero-order valence-electron chi connectivity index (χ0n) is 19.9. The van der Waals surface area contributed by atoms with E-state index in [1.807, 2.05) is 30.3 Å². The van der Waals surface area contributed by atoms with Gasteiger partial charge >= 0.3 is 0 Å². The van der Waals surface area contributed by atoms with Crippen molar-refractivity contribution in [2.24, 2.45) is 0 Å². The molecular formula is C28H29ClN2O5. The summed E-state index contributed by atoms with van der Waals surface area (Å²) in [7, 11) is 0. The van der Waals surface area contributed by atoms with Crippen molar-refractivity contribution in [1.29, 1.82) is 0 Å². The molecule has 0 radical (unpaired) electrons. The highest BCUT2D eigenvalue weighted by atomic mass is 35.5. The van der Waals surface area contributed by atoms with Crippen molar-refractivity contribution in [3.8, 4) is 12.3 Å². The van der Waals surface area contributed by atoms with Gasteiger partial charge in [0.15, 0.2) is 0 Å². The van der Waals surface area contributed by atoms with Crippen LogP contribution < -0.4 is 5.48 Å². The Morgan fingerprint density at radius 3 is 2.61 bits per heavy atom. The van der Waals surface area contributed by atoms with E-state index in [0.717, 1.165) is 5.56 Å². The molecular weight excluding hydrogens is 480 g/mol. The molecule has 7 nitrogen and oxygen atoms in total. The highest BCUT2D eigenvalue weighted by molar-refractivity contribution is 6.31. The summed E-state index contributed by atoms with van der Waals surface area (Å²) in [5.74, 6) is 0.647. The van der Waals surface area contributed by atoms with Crippen molar-refractivity contribution in [3.05, 3.63) is 94.5 Å². The van der Waals surface area contributed by atoms with Gasteiger partial charge in [0.2, 0.25) is 0 Å². The van der Waals surface area contributed by atoms with Gasteiger partial charge in [0.25, 0.3) is 11.8 Å². The van der Waals surface area contributed by atoms with Crippen LogP contribution in [0.1, 0.15) is 40.7 Å². The lowest BCUT2D eigenvalue weighted by Crippen LogP contribution is -2.59. The Balaban J connectivity index is 1.98. The average Bonchev–Trinajstić information content (AvgIpc) is 2.87. The summed E-state index contributed by atoms with van der Waals surface area (Å²) in [6, 6.07) is 14.5. The molecule has 36 heavy (non-hydrogen) atoms. The lowest BCUT2D eigenvalue weighted by molar-refractivity contribution is -0.138. The summed E-state index contributed by atoms with van der Waals surface area (Å²) < 4.78 is 0. The number of carbonyl (C=O) groups is 2. The minimum Gasteiger partial charge on any atom is -0.394 e. The number of hydrogen-bond acceptors (Lipinski definition) is 5. The number of aliphatic hydroxyl groups excluding tert-OH is 2. The second-order valence-electron chi connectivity index (χ2n) is 8.41. The maximum atomic E-state index is 13.6. The van der Waals surface area contributed by atoms with Crippen LogP contribution in [0.3, 0.4) is 0 Å². The summed E-state index contributed by atoms with van der Waals surface area (Å²) in [6.07, 6.45) is 9.09. The second-order valence-corrected chi connectivity index (χ2v) is 8.85. The standard InChI is InChI=1S/C28H29ClN2O5/c1-3-10-21(29)13-9-16-24-26(27(34)30-36-18-20-11-5-4-6-12-20)22-14-7-8-15-23(22)28(35)31(24)25(17-32)19(2)33/h1,4-15,19,24-26,32-33H,16-18H2,2H3,(H,30,34)/b13-9-,21-10+/t19-,24+,25-,26-/m0/s1. The van der Waals surface area contributed by atoms with E-state index in [1.165, 1.54) is 17.9 Å². The van der Waals surface area contributed by atoms with Crippen LogP contribution in [0, 0.1) is 12.3 Å². The Morgan fingerprint density at radius 1 is 1.25 bits per heavy atom. The van der Waals surface area contributed by atoms with Gasteiger partial charge in [-0.25, -0.2) is 5.48 Å². The number of benzene rings is 2. The molecule has 0 saturated carbocycles. The van der Waals surface area contributed by atoms with Crippen LogP contribution in [0.4, 0.5) is 0 Å². The molecule has 8 heteroatoms. The summed E-state index contributed by atoms with van der Waals surface area (Å²) in [5.41, 5.74) is 4.26. The molecule has 0 saturated heterocycles. The first-order valence-corrected chi connectivity index (χ1v) is 11.9. The van der Waals surface area contributed by atoms with E-state index in [4.69, 9.17) is 22.9 Å². The molecule has 1 aliphatic heterocycles. The third-order valence-corrected chi connectivity index (χ3v) is 6.25. The monoisotopic (exact) mass is 508 g/mol. The molecule has 188 valence electrons. The molecule has 0 spiro atoms. The van der Waals surface area contributed by atoms with Gasteiger partial charge < -0.3 is 15.1 Å². The predicted molar refractivity (Wildman–Crippen MR) is 138 cm³/mol. The van der Waals surface area contributed by atoms with Gasteiger partial charge in [-0.2, -0.15) is 0 Å². The predicted octanol–water partition coefficient (Wildman–Crippen LogP) is 3.29. The average molecular weight is 509 g/mol. The summed E-state index contributed by atoms with van der Waals surface area (Å²) in [4.78, 5) is 33.9. The van der Waals surface area contributed by atoms with Crippen molar-refractivity contribution in [3.63, 3.8) is 0 Å². The summed E-state index contributed by atoms with van der Waals surface area (Å²) >= 11 is 6.08. The Labute approximate surface area is 216 Å². The number of allylic oxidation sites excluding steroid dienone is 3. The maximum Gasteiger partial charge on any atom is 0.254 e. The van der Waals surface area contributed by atoms with Crippen LogP contribution in [0.15, 0.2) is 77.9 Å². The molecule has 0 aliphatic carbocycles. The third-order valence-electron chi connectivity index (χ3n) is 6.02. The normalized spacial score (nSPS) is 19.5. The SMILES string of the molecule is C#C/C=C(Cl)\C=C/C[C@@H]1[C@@H](C(=O)NOCc2ccccc2)c2ccccc2C(=O)N1[C@@H](CO)[C@H](C)O. The molecule has 2 aromatic carbocycles. The molecule has 3 N–H and O–H groups in total. The third kappa shape index (κ3) is 6.42. The summed E-state index contributed by atoms with van der Waals surface area (Å²) in [6.45, 7) is 1.17. The largest absolute Gasteiger partial charge is 0.394 e. The number of carbonyl (C=O) groups excluding carboxylic acids is 2. The lowest BCUT2D eigenvalue weighted by atomic mass is 9.79. The Hall–Kier alpha value is -3.41. The minimum absolute atomic E-state index is 0.160. The van der Waals surface area contributed by atoms with E-state index in [2.05, 4.69) is 11.4 Å². The fourth-order valence-electron chi connectivity index (χ4n) is 4.33. The van der Waals surface area contributed by atoms with E-state index in [1.54, 1.807) is 36.4 Å². The van der Waals surface area contributed by atoms with Crippen LogP contribution >= 0.6 is 11.6 Å². The van der Waals surface area contributed by atoms with Crippen LogP contribution in [-0.2, 0) is 16.2 Å². The number of hydrogen-bond donors (Lipinski definition) is 3. The molecule has 1 heterocycles. The highest BCUT2D eigenvalue weighted by Gasteiger charge is 2.46. The summed E-state index contributed by atoms with van der Waals surface area (Å²) in [5, 5.41) is 20.7. The lowest BCUT2D eigenvalue weighted by Gasteiger charge is -2.45. The van der Waals surface area contributed by atoms with Crippen LogP contribution in [0.25, 0.3) is 0 Å². The van der Waals surface area contributed by atoms with Gasteiger partial charge in [-0.05, 0) is 36.6 Å². The van der Waals surface area contributed by atoms with Crippen molar-refractivity contribution < 1.29 is 24.6 Å². The van der Waals surface area contributed by atoms with Gasteiger partial charge in [0, 0.05) is 16.7 Å². The fraction of sp³-hybridized carbons (Fsp3) is 0.286. The Kier molecular flexibility index (Phi) is 9.86. The van der Waals surface area contributed by atoms with Crippen molar-refractivity contribution >= 4 is 23.4 Å². The van der Waals surface area contributed by atoms with Crippen molar-refractivity contribution in [1.82, 2.24) is 10.4 Å². The van der Waals surface area contributed by atoms with Gasteiger partial charge in [-0.3, -0.25) is 14.4 Å². The number of halogens is 1. The zero-order valence-corrected chi connectivity index (χ0v) is 20.6. The zero-order chi connectivity index (χ0) is 26.1. The van der Waals surface area contributed by atoms with Crippen LogP contribution in [0.5, 0.6) is 0 Å². The molecule has 0 fully saturated rings. The van der Waals surface area contributed by atoms with E-state index in [0.29, 0.717) is 16.2 Å². The first-order chi connectivity index (χ1) is 17.4.